The summed E-state index contributed by atoms with van der Waals surface area (Å²) in [5.41, 5.74) is 2.78. The Hall–Kier alpha value is -2.93. The number of carbonyl (C=O) groups excluding carboxylic acids is 1. The van der Waals surface area contributed by atoms with Crippen LogP contribution in [0.2, 0.25) is 0 Å². The van der Waals surface area contributed by atoms with E-state index >= 15 is 0 Å². The average Bonchev–Trinajstić information content (AvgIpc) is 3.63. The fourth-order valence-electron chi connectivity index (χ4n) is 5.70. The van der Waals surface area contributed by atoms with E-state index in [2.05, 4.69) is 44.1 Å². The van der Waals surface area contributed by atoms with Gasteiger partial charge in [-0.15, -0.1) is 0 Å². The first-order valence-electron chi connectivity index (χ1n) is 13.7. The molecule has 2 N–H and O–H groups in total. The summed E-state index contributed by atoms with van der Waals surface area (Å²) in [6.07, 6.45) is 7.80. The molecule has 0 aliphatic carbocycles. The standard InChI is InChI=1S/C28H38N6O3/c1-21-6-12-34(13-7-21)25-18-22(4-5-24(25)32-27(35)26-30-20-23(19-29)31-26)28(8-15-36-16-9-28)37-17-14-33-10-2-3-11-33/h4-5,18,20-21H,2-3,6-17H2,1H3,(H,30,31)(H,32,35). The summed E-state index contributed by atoms with van der Waals surface area (Å²) >= 11 is 0. The molecule has 1 aromatic carbocycles. The van der Waals surface area contributed by atoms with Crippen LogP contribution >= 0.6 is 0 Å². The Balaban J connectivity index is 1.41. The number of aromatic nitrogens is 2. The number of likely N-dealkylation sites (tertiary alicyclic amines) is 1. The lowest BCUT2D eigenvalue weighted by molar-refractivity contribution is -0.119. The zero-order valence-electron chi connectivity index (χ0n) is 21.8. The SMILES string of the molecule is CC1CCN(c2cc(C3(OCCN4CCCC4)CCOCC3)ccc2NC(=O)c2ncc(C#N)[nH]2)CC1. The normalized spacial score (nSPS) is 20.6. The summed E-state index contributed by atoms with van der Waals surface area (Å²) in [6.45, 7) is 9.53. The Bertz CT molecular complexity index is 1110. The Morgan fingerprint density at radius 2 is 2.00 bits per heavy atom. The van der Waals surface area contributed by atoms with Gasteiger partial charge >= 0.3 is 0 Å². The lowest BCUT2D eigenvalue weighted by atomic mass is 9.85. The molecule has 0 saturated carbocycles. The van der Waals surface area contributed by atoms with Gasteiger partial charge in [0, 0.05) is 45.7 Å². The van der Waals surface area contributed by atoms with Crippen molar-refractivity contribution in [1.82, 2.24) is 14.9 Å². The van der Waals surface area contributed by atoms with E-state index < -0.39 is 0 Å². The van der Waals surface area contributed by atoms with E-state index in [1.807, 2.05) is 12.1 Å². The molecule has 3 saturated heterocycles. The number of anilines is 2. The van der Waals surface area contributed by atoms with Gasteiger partial charge in [0.15, 0.2) is 5.82 Å². The molecule has 3 aliphatic rings. The highest BCUT2D eigenvalue weighted by molar-refractivity contribution is 6.03. The predicted octanol–water partition coefficient (Wildman–Crippen LogP) is 3.89. The van der Waals surface area contributed by atoms with Crippen molar-refractivity contribution in [3.05, 3.63) is 41.5 Å². The molecule has 9 nitrogen and oxygen atoms in total. The van der Waals surface area contributed by atoms with Crippen molar-refractivity contribution >= 4 is 17.3 Å². The second-order valence-electron chi connectivity index (χ2n) is 10.6. The Morgan fingerprint density at radius 3 is 2.70 bits per heavy atom. The van der Waals surface area contributed by atoms with Crippen LogP contribution in [0, 0.1) is 17.2 Å². The number of amides is 1. The van der Waals surface area contributed by atoms with E-state index in [0.717, 1.165) is 75.3 Å². The summed E-state index contributed by atoms with van der Waals surface area (Å²) in [5.74, 6) is 0.467. The van der Waals surface area contributed by atoms with Crippen molar-refractivity contribution in [3.63, 3.8) is 0 Å². The third-order valence-electron chi connectivity index (χ3n) is 8.09. The molecule has 1 aromatic heterocycles. The molecule has 0 unspecified atom stereocenters. The van der Waals surface area contributed by atoms with Gasteiger partial charge in [-0.2, -0.15) is 5.26 Å². The van der Waals surface area contributed by atoms with E-state index in [4.69, 9.17) is 14.7 Å². The number of aromatic amines is 1. The number of ether oxygens (including phenoxy) is 2. The maximum atomic E-state index is 13.0. The Kier molecular flexibility index (Phi) is 8.08. The molecule has 37 heavy (non-hydrogen) atoms. The quantitative estimate of drug-likeness (QED) is 0.559. The lowest BCUT2D eigenvalue weighted by Crippen LogP contribution is -2.39. The Morgan fingerprint density at radius 1 is 1.24 bits per heavy atom. The highest BCUT2D eigenvalue weighted by Gasteiger charge is 2.37. The predicted molar refractivity (Wildman–Crippen MR) is 142 cm³/mol. The van der Waals surface area contributed by atoms with Gasteiger partial charge in [0.25, 0.3) is 5.91 Å². The van der Waals surface area contributed by atoms with Crippen molar-refractivity contribution in [2.24, 2.45) is 5.92 Å². The molecule has 0 atom stereocenters. The second kappa shape index (κ2) is 11.6. The molecule has 0 bridgehead atoms. The van der Waals surface area contributed by atoms with Crippen molar-refractivity contribution in [1.29, 1.82) is 5.26 Å². The van der Waals surface area contributed by atoms with Gasteiger partial charge in [0.1, 0.15) is 11.8 Å². The largest absolute Gasteiger partial charge is 0.381 e. The van der Waals surface area contributed by atoms with Gasteiger partial charge in [-0.3, -0.25) is 4.79 Å². The number of nitrogens with zero attached hydrogens (tertiary/aromatic N) is 4. The summed E-state index contributed by atoms with van der Waals surface area (Å²) in [6, 6.07) is 8.29. The summed E-state index contributed by atoms with van der Waals surface area (Å²) in [7, 11) is 0. The first kappa shape index (κ1) is 25.7. The fraction of sp³-hybridized carbons (Fsp3) is 0.607. The van der Waals surface area contributed by atoms with Crippen molar-refractivity contribution in [2.75, 3.05) is 62.8 Å². The number of imidazole rings is 1. The lowest BCUT2D eigenvalue weighted by Gasteiger charge is -2.40. The van der Waals surface area contributed by atoms with Crippen LogP contribution in [0.4, 0.5) is 11.4 Å². The number of hydrogen-bond donors (Lipinski definition) is 2. The number of H-pyrrole nitrogens is 1. The van der Waals surface area contributed by atoms with Crippen LogP contribution in [-0.4, -0.2) is 73.3 Å². The van der Waals surface area contributed by atoms with Crippen LogP contribution in [0.3, 0.4) is 0 Å². The minimum atomic E-state index is -0.388. The van der Waals surface area contributed by atoms with E-state index in [1.54, 1.807) is 0 Å². The molecule has 4 heterocycles. The maximum Gasteiger partial charge on any atom is 0.291 e. The van der Waals surface area contributed by atoms with Gasteiger partial charge in [-0.05, 0) is 62.4 Å². The van der Waals surface area contributed by atoms with E-state index in [1.165, 1.54) is 19.0 Å². The van der Waals surface area contributed by atoms with E-state index in [0.29, 0.717) is 25.7 Å². The summed E-state index contributed by atoms with van der Waals surface area (Å²) in [5, 5.41) is 12.1. The van der Waals surface area contributed by atoms with Gasteiger partial charge in [-0.25, -0.2) is 4.98 Å². The molecule has 3 fully saturated rings. The van der Waals surface area contributed by atoms with Crippen molar-refractivity contribution in [2.45, 2.75) is 51.0 Å². The van der Waals surface area contributed by atoms with E-state index in [9.17, 15) is 4.79 Å². The third-order valence-corrected chi connectivity index (χ3v) is 8.09. The number of rotatable bonds is 8. The van der Waals surface area contributed by atoms with Gasteiger partial charge in [0.2, 0.25) is 0 Å². The van der Waals surface area contributed by atoms with Crippen LogP contribution in [0.1, 0.15) is 67.3 Å². The number of nitriles is 1. The number of nitrogens with one attached hydrogen (secondary N) is 2. The van der Waals surface area contributed by atoms with Gasteiger partial charge in [0.05, 0.1) is 29.8 Å². The molecular weight excluding hydrogens is 468 g/mol. The minimum absolute atomic E-state index is 0.130. The Labute approximate surface area is 219 Å². The molecule has 198 valence electrons. The molecular formula is C28H38N6O3. The summed E-state index contributed by atoms with van der Waals surface area (Å²) < 4.78 is 12.4. The number of benzene rings is 1. The molecule has 3 aliphatic heterocycles. The van der Waals surface area contributed by atoms with Crippen LogP contribution < -0.4 is 10.2 Å². The highest BCUT2D eigenvalue weighted by Crippen LogP contribution is 2.40. The van der Waals surface area contributed by atoms with E-state index in [-0.39, 0.29) is 23.0 Å². The highest BCUT2D eigenvalue weighted by atomic mass is 16.5. The van der Waals surface area contributed by atoms with Crippen LogP contribution in [-0.2, 0) is 15.1 Å². The molecule has 9 heteroatoms. The minimum Gasteiger partial charge on any atom is -0.381 e. The maximum absolute atomic E-state index is 13.0. The van der Waals surface area contributed by atoms with Crippen LogP contribution in [0.15, 0.2) is 24.4 Å². The molecule has 5 rings (SSSR count). The average molecular weight is 507 g/mol. The number of carbonyl (C=O) groups is 1. The second-order valence-corrected chi connectivity index (χ2v) is 10.6. The topological polar surface area (TPSA) is 107 Å². The monoisotopic (exact) mass is 506 g/mol. The fourth-order valence-corrected chi connectivity index (χ4v) is 5.70. The third kappa shape index (κ3) is 5.98. The van der Waals surface area contributed by atoms with Crippen LogP contribution in [0.25, 0.3) is 0 Å². The molecule has 1 amide bonds. The van der Waals surface area contributed by atoms with Crippen molar-refractivity contribution < 1.29 is 14.3 Å². The van der Waals surface area contributed by atoms with Gasteiger partial charge in [-0.1, -0.05) is 13.0 Å². The summed E-state index contributed by atoms with van der Waals surface area (Å²) in [4.78, 5) is 24.7. The molecule has 0 radical (unpaired) electrons. The number of piperidine rings is 1. The number of hydrogen-bond acceptors (Lipinski definition) is 7. The van der Waals surface area contributed by atoms with Gasteiger partial charge < -0.3 is 29.6 Å². The molecule has 0 spiro atoms. The smallest absolute Gasteiger partial charge is 0.291 e. The first-order valence-corrected chi connectivity index (χ1v) is 13.7. The van der Waals surface area contributed by atoms with Crippen LogP contribution in [0.5, 0.6) is 0 Å². The zero-order chi connectivity index (χ0) is 25.7. The molecule has 2 aromatic rings. The zero-order valence-corrected chi connectivity index (χ0v) is 21.8. The first-order chi connectivity index (χ1) is 18.1. The van der Waals surface area contributed by atoms with Crippen molar-refractivity contribution in [3.8, 4) is 6.07 Å².